The summed E-state index contributed by atoms with van der Waals surface area (Å²) >= 11 is 12.4. The van der Waals surface area contributed by atoms with Crippen molar-refractivity contribution in [3.63, 3.8) is 0 Å². The molecule has 0 radical (unpaired) electrons. The summed E-state index contributed by atoms with van der Waals surface area (Å²) < 4.78 is 0. The molecular formula is C14H20Cl2N2. The standard InChI is InChI=1S/C14H20Cl2N2/c1-10(13-8-11(15)5-6-14(13)16)18-7-3-2-4-12(18)9-17/h5-6,8,10,12H,2-4,7,9,17H2,1H3. The first-order valence-electron chi connectivity index (χ1n) is 6.54. The van der Waals surface area contributed by atoms with E-state index >= 15 is 0 Å². The zero-order chi connectivity index (χ0) is 13.1. The lowest BCUT2D eigenvalue weighted by Crippen LogP contribution is -2.45. The van der Waals surface area contributed by atoms with Crippen molar-refractivity contribution in [1.82, 2.24) is 4.90 Å². The van der Waals surface area contributed by atoms with Crippen molar-refractivity contribution in [3.8, 4) is 0 Å². The minimum atomic E-state index is 0.269. The van der Waals surface area contributed by atoms with Gasteiger partial charge in [0.15, 0.2) is 0 Å². The van der Waals surface area contributed by atoms with E-state index in [4.69, 9.17) is 28.9 Å². The Labute approximate surface area is 119 Å². The van der Waals surface area contributed by atoms with Gasteiger partial charge in [-0.1, -0.05) is 29.6 Å². The van der Waals surface area contributed by atoms with E-state index in [2.05, 4.69) is 11.8 Å². The molecule has 2 atom stereocenters. The quantitative estimate of drug-likeness (QED) is 0.914. The van der Waals surface area contributed by atoms with E-state index in [1.165, 1.54) is 19.3 Å². The molecule has 0 bridgehead atoms. The highest BCUT2D eigenvalue weighted by Gasteiger charge is 2.27. The first-order chi connectivity index (χ1) is 8.63. The summed E-state index contributed by atoms with van der Waals surface area (Å²) in [6.45, 7) is 3.99. The Balaban J connectivity index is 2.23. The molecule has 0 saturated carbocycles. The molecule has 2 nitrogen and oxygen atoms in total. The van der Waals surface area contributed by atoms with Gasteiger partial charge in [0.2, 0.25) is 0 Å². The monoisotopic (exact) mass is 286 g/mol. The molecule has 0 aromatic heterocycles. The minimum Gasteiger partial charge on any atom is -0.329 e. The second kappa shape index (κ2) is 6.25. The number of hydrogen-bond donors (Lipinski definition) is 1. The molecule has 18 heavy (non-hydrogen) atoms. The number of rotatable bonds is 3. The van der Waals surface area contributed by atoms with E-state index in [9.17, 15) is 0 Å². The molecule has 1 aromatic rings. The second-order valence-electron chi connectivity index (χ2n) is 4.96. The minimum absolute atomic E-state index is 0.269. The van der Waals surface area contributed by atoms with Crippen LogP contribution in [-0.4, -0.2) is 24.0 Å². The van der Waals surface area contributed by atoms with Crippen LogP contribution in [0.5, 0.6) is 0 Å². The fourth-order valence-electron chi connectivity index (χ4n) is 2.80. The maximum Gasteiger partial charge on any atom is 0.0454 e. The maximum atomic E-state index is 6.28. The molecule has 2 rings (SSSR count). The van der Waals surface area contributed by atoms with E-state index in [0.29, 0.717) is 12.6 Å². The van der Waals surface area contributed by atoms with Crippen molar-refractivity contribution in [1.29, 1.82) is 0 Å². The van der Waals surface area contributed by atoms with Gasteiger partial charge < -0.3 is 5.73 Å². The topological polar surface area (TPSA) is 29.3 Å². The molecule has 1 aliphatic heterocycles. The lowest BCUT2D eigenvalue weighted by atomic mass is 9.97. The van der Waals surface area contributed by atoms with Crippen LogP contribution in [0.3, 0.4) is 0 Å². The molecule has 1 aromatic carbocycles. The number of nitrogens with two attached hydrogens (primary N) is 1. The SMILES string of the molecule is CC(c1cc(Cl)ccc1Cl)N1CCCCC1CN. The number of nitrogens with zero attached hydrogens (tertiary/aromatic N) is 1. The van der Waals surface area contributed by atoms with Gasteiger partial charge in [0.25, 0.3) is 0 Å². The van der Waals surface area contributed by atoms with Crippen molar-refractivity contribution in [2.75, 3.05) is 13.1 Å². The Hall–Kier alpha value is -0.280. The van der Waals surface area contributed by atoms with Crippen LogP contribution in [-0.2, 0) is 0 Å². The predicted octanol–water partition coefficient (Wildman–Crippen LogP) is 3.87. The van der Waals surface area contributed by atoms with Gasteiger partial charge in [-0.2, -0.15) is 0 Å². The van der Waals surface area contributed by atoms with Gasteiger partial charge in [-0.3, -0.25) is 4.90 Å². The van der Waals surface area contributed by atoms with Crippen LogP contribution in [0.2, 0.25) is 10.0 Å². The van der Waals surface area contributed by atoms with Crippen LogP contribution < -0.4 is 5.73 Å². The zero-order valence-corrected chi connectivity index (χ0v) is 12.2. The number of halogens is 2. The van der Waals surface area contributed by atoms with E-state index in [1.54, 1.807) is 0 Å². The summed E-state index contributed by atoms with van der Waals surface area (Å²) in [7, 11) is 0. The van der Waals surface area contributed by atoms with Gasteiger partial charge in [0, 0.05) is 28.7 Å². The summed E-state index contributed by atoms with van der Waals surface area (Å²) in [6.07, 6.45) is 3.69. The third kappa shape index (κ3) is 3.00. The van der Waals surface area contributed by atoms with Gasteiger partial charge in [-0.25, -0.2) is 0 Å². The summed E-state index contributed by atoms with van der Waals surface area (Å²) in [5, 5.41) is 1.52. The number of likely N-dealkylation sites (tertiary alicyclic amines) is 1. The smallest absolute Gasteiger partial charge is 0.0454 e. The normalized spacial score (nSPS) is 23.0. The Bertz CT molecular complexity index is 409. The molecular weight excluding hydrogens is 267 g/mol. The van der Waals surface area contributed by atoms with Gasteiger partial charge in [0.05, 0.1) is 0 Å². The van der Waals surface area contributed by atoms with E-state index in [0.717, 1.165) is 22.2 Å². The highest BCUT2D eigenvalue weighted by atomic mass is 35.5. The van der Waals surface area contributed by atoms with Crippen molar-refractivity contribution in [3.05, 3.63) is 33.8 Å². The van der Waals surface area contributed by atoms with Crippen molar-refractivity contribution in [2.24, 2.45) is 5.73 Å². The van der Waals surface area contributed by atoms with Crippen molar-refractivity contribution < 1.29 is 0 Å². The molecule has 1 fully saturated rings. The molecule has 0 spiro atoms. The van der Waals surface area contributed by atoms with E-state index in [1.807, 2.05) is 18.2 Å². The lowest BCUT2D eigenvalue weighted by Gasteiger charge is -2.39. The maximum absolute atomic E-state index is 6.28. The summed E-state index contributed by atoms with van der Waals surface area (Å²) in [4.78, 5) is 2.46. The molecule has 2 N–H and O–H groups in total. The fourth-order valence-corrected chi connectivity index (χ4v) is 3.26. The fraction of sp³-hybridized carbons (Fsp3) is 0.571. The van der Waals surface area contributed by atoms with Gasteiger partial charge in [-0.05, 0) is 50.1 Å². The van der Waals surface area contributed by atoms with E-state index in [-0.39, 0.29) is 6.04 Å². The van der Waals surface area contributed by atoms with Crippen LogP contribution in [0.4, 0.5) is 0 Å². The number of benzene rings is 1. The van der Waals surface area contributed by atoms with Crippen LogP contribution in [0.15, 0.2) is 18.2 Å². The molecule has 0 amide bonds. The number of piperidine rings is 1. The summed E-state index contributed by atoms with van der Waals surface area (Å²) in [5.74, 6) is 0. The number of hydrogen-bond acceptors (Lipinski definition) is 2. The predicted molar refractivity (Wildman–Crippen MR) is 78.3 cm³/mol. The first kappa shape index (κ1) is 14.1. The van der Waals surface area contributed by atoms with Gasteiger partial charge in [0.1, 0.15) is 0 Å². The third-order valence-corrected chi connectivity index (χ3v) is 4.43. The molecule has 1 saturated heterocycles. The third-order valence-electron chi connectivity index (χ3n) is 3.85. The van der Waals surface area contributed by atoms with Crippen LogP contribution in [0, 0.1) is 0 Å². The van der Waals surface area contributed by atoms with Gasteiger partial charge in [-0.15, -0.1) is 0 Å². The zero-order valence-electron chi connectivity index (χ0n) is 10.7. The van der Waals surface area contributed by atoms with Gasteiger partial charge >= 0.3 is 0 Å². The Kier molecular flexibility index (Phi) is 4.91. The van der Waals surface area contributed by atoms with Crippen molar-refractivity contribution in [2.45, 2.75) is 38.3 Å². The average Bonchev–Trinajstić information content (AvgIpc) is 2.40. The Morgan fingerprint density at radius 2 is 2.17 bits per heavy atom. The van der Waals surface area contributed by atoms with E-state index < -0.39 is 0 Å². The molecule has 100 valence electrons. The van der Waals surface area contributed by atoms with Crippen LogP contribution >= 0.6 is 23.2 Å². The Morgan fingerprint density at radius 3 is 2.89 bits per heavy atom. The molecule has 2 unspecified atom stereocenters. The van der Waals surface area contributed by atoms with Crippen molar-refractivity contribution >= 4 is 23.2 Å². The van der Waals surface area contributed by atoms with Crippen LogP contribution in [0.25, 0.3) is 0 Å². The molecule has 0 aliphatic carbocycles. The first-order valence-corrected chi connectivity index (χ1v) is 7.30. The summed E-state index contributed by atoms with van der Waals surface area (Å²) in [5.41, 5.74) is 6.98. The van der Waals surface area contributed by atoms with Crippen LogP contribution in [0.1, 0.15) is 37.8 Å². The summed E-state index contributed by atoms with van der Waals surface area (Å²) in [6, 6.07) is 6.40. The highest BCUT2D eigenvalue weighted by Crippen LogP contribution is 2.33. The lowest BCUT2D eigenvalue weighted by molar-refractivity contribution is 0.108. The highest BCUT2D eigenvalue weighted by molar-refractivity contribution is 6.33. The molecule has 4 heteroatoms. The molecule has 1 aliphatic rings. The molecule has 1 heterocycles. The Morgan fingerprint density at radius 1 is 1.39 bits per heavy atom. The largest absolute Gasteiger partial charge is 0.329 e. The average molecular weight is 287 g/mol. The second-order valence-corrected chi connectivity index (χ2v) is 5.81.